The van der Waals surface area contributed by atoms with E-state index in [2.05, 4.69) is 32.9 Å². The fourth-order valence-electron chi connectivity index (χ4n) is 4.76. The number of rotatable bonds is 2. The van der Waals surface area contributed by atoms with Crippen molar-refractivity contribution in [2.75, 3.05) is 0 Å². The molecule has 2 aromatic carbocycles. The molecule has 1 aliphatic heterocycles. The van der Waals surface area contributed by atoms with Crippen molar-refractivity contribution in [2.45, 2.75) is 51.4 Å². The molecule has 1 aliphatic carbocycles. The SMILES string of the molecule is C[C@H]1C2CC(C[C@@H]1O)C(C)(C)O[C@H]2c1ccc(-c2cccc(F)c2)cc1. The summed E-state index contributed by atoms with van der Waals surface area (Å²) in [5.74, 6) is 0.744. The van der Waals surface area contributed by atoms with E-state index >= 15 is 0 Å². The minimum atomic E-state index is -0.254. The average Bonchev–Trinajstić information content (AvgIpc) is 2.62. The second-order valence-electron chi connectivity index (χ2n) is 8.53. The predicted octanol–water partition coefficient (Wildman–Crippen LogP) is 5.37. The molecule has 2 fully saturated rings. The van der Waals surface area contributed by atoms with Crippen LogP contribution in [0.15, 0.2) is 48.5 Å². The third kappa shape index (κ3) is 3.08. The largest absolute Gasteiger partial charge is 0.393 e. The summed E-state index contributed by atoms with van der Waals surface area (Å²) >= 11 is 0. The Morgan fingerprint density at radius 3 is 2.46 bits per heavy atom. The Morgan fingerprint density at radius 2 is 1.77 bits per heavy atom. The van der Waals surface area contributed by atoms with Gasteiger partial charge in [0.25, 0.3) is 0 Å². The van der Waals surface area contributed by atoms with Crippen molar-refractivity contribution >= 4 is 0 Å². The maximum Gasteiger partial charge on any atom is 0.123 e. The van der Waals surface area contributed by atoms with Crippen LogP contribution in [-0.4, -0.2) is 16.8 Å². The quantitative estimate of drug-likeness (QED) is 0.786. The van der Waals surface area contributed by atoms with Crippen LogP contribution in [0.25, 0.3) is 11.1 Å². The monoisotopic (exact) mass is 354 g/mol. The summed E-state index contributed by atoms with van der Waals surface area (Å²) in [5.41, 5.74) is 2.78. The van der Waals surface area contributed by atoms with Gasteiger partial charge < -0.3 is 9.84 Å². The smallest absolute Gasteiger partial charge is 0.123 e. The van der Waals surface area contributed by atoms with Crippen LogP contribution in [0.3, 0.4) is 0 Å². The molecule has 0 aromatic heterocycles. The van der Waals surface area contributed by atoms with E-state index in [1.54, 1.807) is 12.1 Å². The van der Waals surface area contributed by atoms with E-state index in [-0.39, 0.29) is 29.5 Å². The van der Waals surface area contributed by atoms with Gasteiger partial charge in [0.15, 0.2) is 0 Å². The molecule has 2 nitrogen and oxygen atoms in total. The summed E-state index contributed by atoms with van der Waals surface area (Å²) in [5, 5.41) is 10.5. The molecular formula is C23H27FO2. The first-order valence-corrected chi connectivity index (χ1v) is 9.57. The molecule has 5 atom stereocenters. The highest BCUT2D eigenvalue weighted by Gasteiger charge is 2.50. The third-order valence-corrected chi connectivity index (χ3v) is 6.56. The molecule has 2 aliphatic rings. The van der Waals surface area contributed by atoms with Crippen molar-refractivity contribution in [3.05, 3.63) is 59.9 Å². The van der Waals surface area contributed by atoms with Gasteiger partial charge in [0.1, 0.15) is 5.82 Å². The first-order valence-electron chi connectivity index (χ1n) is 9.57. The Morgan fingerprint density at radius 1 is 1.04 bits per heavy atom. The summed E-state index contributed by atoms with van der Waals surface area (Å²) in [6.07, 6.45) is 1.67. The fraction of sp³-hybridized carbons (Fsp3) is 0.478. The number of hydrogen-bond acceptors (Lipinski definition) is 2. The fourth-order valence-corrected chi connectivity index (χ4v) is 4.76. The highest BCUT2D eigenvalue weighted by atomic mass is 19.1. The molecule has 1 saturated heterocycles. The summed E-state index contributed by atoms with van der Waals surface area (Å²) in [4.78, 5) is 0. The van der Waals surface area contributed by atoms with Gasteiger partial charge in [-0.15, -0.1) is 0 Å². The van der Waals surface area contributed by atoms with Gasteiger partial charge in [0.05, 0.1) is 17.8 Å². The van der Waals surface area contributed by atoms with E-state index in [1.165, 1.54) is 6.07 Å². The standard InChI is InChI=1S/C23H27FO2/c1-14-20-12-18(13-21(14)25)23(2,3)26-22(20)16-9-7-15(8-10-16)17-5-4-6-19(24)11-17/h4-11,14,18,20-22,25H,12-13H2,1-3H3/t14-,18?,20?,21-,22-/m0/s1. The van der Waals surface area contributed by atoms with Crippen LogP contribution in [0.1, 0.15) is 45.3 Å². The molecule has 4 rings (SSSR count). The van der Waals surface area contributed by atoms with Crippen molar-refractivity contribution in [1.29, 1.82) is 0 Å². The number of fused-ring (bicyclic) bond motifs is 2. The minimum absolute atomic E-state index is 0.00670. The van der Waals surface area contributed by atoms with E-state index in [4.69, 9.17) is 4.74 Å². The average molecular weight is 354 g/mol. The lowest BCUT2D eigenvalue weighted by Crippen LogP contribution is -2.52. The molecule has 0 spiro atoms. The lowest BCUT2D eigenvalue weighted by molar-refractivity contribution is -0.215. The Balaban J connectivity index is 1.64. The number of benzene rings is 2. The second kappa shape index (κ2) is 6.47. The van der Waals surface area contributed by atoms with Crippen LogP contribution < -0.4 is 0 Å². The van der Waals surface area contributed by atoms with Crippen LogP contribution >= 0.6 is 0 Å². The highest BCUT2D eigenvalue weighted by molar-refractivity contribution is 5.63. The maximum atomic E-state index is 13.5. The van der Waals surface area contributed by atoms with Crippen molar-refractivity contribution in [1.82, 2.24) is 0 Å². The molecule has 1 heterocycles. The van der Waals surface area contributed by atoms with Crippen LogP contribution in [0.4, 0.5) is 4.39 Å². The molecular weight excluding hydrogens is 327 g/mol. The van der Waals surface area contributed by atoms with Crippen LogP contribution in [0, 0.1) is 23.6 Å². The minimum Gasteiger partial charge on any atom is -0.393 e. The van der Waals surface area contributed by atoms with Crippen molar-refractivity contribution in [2.24, 2.45) is 17.8 Å². The Kier molecular flexibility index (Phi) is 4.40. The molecule has 2 unspecified atom stereocenters. The van der Waals surface area contributed by atoms with Gasteiger partial charge in [0, 0.05) is 0 Å². The van der Waals surface area contributed by atoms with Crippen molar-refractivity contribution < 1.29 is 14.2 Å². The lowest BCUT2D eigenvalue weighted by Gasteiger charge is -2.53. The maximum absolute atomic E-state index is 13.5. The third-order valence-electron chi connectivity index (χ3n) is 6.56. The second-order valence-corrected chi connectivity index (χ2v) is 8.53. The van der Waals surface area contributed by atoms with Gasteiger partial charge in [-0.1, -0.05) is 43.3 Å². The Bertz CT molecular complexity index is 783. The van der Waals surface area contributed by atoms with E-state index < -0.39 is 0 Å². The summed E-state index contributed by atoms with van der Waals surface area (Å²) < 4.78 is 20.0. The molecule has 0 radical (unpaired) electrons. The Hall–Kier alpha value is -1.71. The molecule has 1 saturated carbocycles. The van der Waals surface area contributed by atoms with E-state index in [0.717, 1.165) is 29.5 Å². The van der Waals surface area contributed by atoms with Crippen LogP contribution in [-0.2, 0) is 4.74 Å². The molecule has 0 amide bonds. The predicted molar refractivity (Wildman–Crippen MR) is 101 cm³/mol. The van der Waals surface area contributed by atoms with Crippen molar-refractivity contribution in [3.63, 3.8) is 0 Å². The van der Waals surface area contributed by atoms with E-state index in [1.807, 2.05) is 18.2 Å². The van der Waals surface area contributed by atoms with Crippen LogP contribution in [0.5, 0.6) is 0 Å². The van der Waals surface area contributed by atoms with Gasteiger partial charge in [-0.3, -0.25) is 0 Å². The molecule has 1 N–H and O–H groups in total. The molecule has 3 heteroatoms. The van der Waals surface area contributed by atoms with Gasteiger partial charge in [-0.05, 0) is 73.3 Å². The number of hydrogen-bond donors (Lipinski definition) is 1. The Labute approximate surface area is 155 Å². The normalized spacial score (nSPS) is 33.0. The first kappa shape index (κ1) is 17.7. The number of aliphatic hydroxyl groups excluding tert-OH is 1. The molecule has 2 bridgehead atoms. The molecule has 2 aromatic rings. The lowest BCUT2D eigenvalue weighted by atomic mass is 9.63. The first-order chi connectivity index (χ1) is 12.3. The van der Waals surface area contributed by atoms with Gasteiger partial charge >= 0.3 is 0 Å². The molecule has 138 valence electrons. The molecule has 26 heavy (non-hydrogen) atoms. The number of halogens is 1. The van der Waals surface area contributed by atoms with Gasteiger partial charge in [-0.25, -0.2) is 4.39 Å². The van der Waals surface area contributed by atoms with Crippen LogP contribution in [0.2, 0.25) is 0 Å². The summed E-state index contributed by atoms with van der Waals surface area (Å²) in [7, 11) is 0. The van der Waals surface area contributed by atoms with Gasteiger partial charge in [-0.2, -0.15) is 0 Å². The topological polar surface area (TPSA) is 29.5 Å². The number of ether oxygens (including phenoxy) is 1. The zero-order valence-electron chi connectivity index (χ0n) is 15.7. The zero-order chi connectivity index (χ0) is 18.5. The number of aliphatic hydroxyl groups is 1. The van der Waals surface area contributed by atoms with E-state index in [0.29, 0.717) is 11.8 Å². The van der Waals surface area contributed by atoms with Crippen molar-refractivity contribution in [3.8, 4) is 11.1 Å². The highest BCUT2D eigenvalue weighted by Crippen LogP contribution is 2.53. The van der Waals surface area contributed by atoms with E-state index in [9.17, 15) is 9.50 Å². The summed E-state index contributed by atoms with van der Waals surface area (Å²) in [6, 6.07) is 14.9. The zero-order valence-corrected chi connectivity index (χ0v) is 15.7. The summed E-state index contributed by atoms with van der Waals surface area (Å²) in [6.45, 7) is 6.43. The van der Waals surface area contributed by atoms with Gasteiger partial charge in [0.2, 0.25) is 0 Å².